The first-order valence-corrected chi connectivity index (χ1v) is 7.22. The topological polar surface area (TPSA) is 78.9 Å². The van der Waals surface area contributed by atoms with Crippen LogP contribution in [0.15, 0.2) is 18.2 Å². The fourth-order valence-corrected chi connectivity index (χ4v) is 2.38. The van der Waals surface area contributed by atoms with Crippen LogP contribution < -0.4 is 10.1 Å². The zero-order chi connectivity index (χ0) is 16.1. The van der Waals surface area contributed by atoms with Crippen molar-refractivity contribution >= 4 is 17.7 Å². The number of nitrogens with zero attached hydrogens (tertiary/aromatic N) is 1. The molecule has 2 rings (SSSR count). The van der Waals surface area contributed by atoms with Crippen LogP contribution in [0.5, 0.6) is 5.75 Å². The lowest BCUT2D eigenvalue weighted by atomic mass is 9.97. The van der Waals surface area contributed by atoms with E-state index in [0.29, 0.717) is 38.2 Å². The number of benzene rings is 1. The van der Waals surface area contributed by atoms with E-state index in [1.54, 1.807) is 13.0 Å². The van der Waals surface area contributed by atoms with Crippen molar-refractivity contribution in [3.63, 3.8) is 0 Å². The van der Waals surface area contributed by atoms with Gasteiger partial charge in [-0.2, -0.15) is 0 Å². The van der Waals surface area contributed by atoms with Gasteiger partial charge in [-0.05, 0) is 31.9 Å². The smallest absolute Gasteiger partial charge is 0.321 e. The van der Waals surface area contributed by atoms with Crippen LogP contribution >= 0.6 is 0 Å². The molecule has 0 spiro atoms. The summed E-state index contributed by atoms with van der Waals surface area (Å²) >= 11 is 0. The molecule has 0 atom stereocenters. The predicted molar refractivity (Wildman–Crippen MR) is 78.5 cm³/mol. The SMILES string of the molecule is CCOc1ccc(NC(=O)N2CCC(C(=O)O)CC2)cc1F. The van der Waals surface area contributed by atoms with Crippen molar-refractivity contribution in [3.05, 3.63) is 24.0 Å². The van der Waals surface area contributed by atoms with E-state index in [1.807, 2.05) is 0 Å². The van der Waals surface area contributed by atoms with E-state index in [0.717, 1.165) is 0 Å². The van der Waals surface area contributed by atoms with E-state index in [-0.39, 0.29) is 11.8 Å². The van der Waals surface area contributed by atoms with E-state index in [9.17, 15) is 14.0 Å². The molecule has 120 valence electrons. The first kappa shape index (κ1) is 16.1. The van der Waals surface area contributed by atoms with Gasteiger partial charge in [0.2, 0.25) is 0 Å². The van der Waals surface area contributed by atoms with Gasteiger partial charge in [-0.1, -0.05) is 0 Å². The number of carbonyl (C=O) groups excluding carboxylic acids is 1. The normalized spacial score (nSPS) is 15.5. The summed E-state index contributed by atoms with van der Waals surface area (Å²) in [6, 6.07) is 3.88. The molecular weight excluding hydrogens is 291 g/mol. The van der Waals surface area contributed by atoms with Gasteiger partial charge in [0.05, 0.1) is 12.5 Å². The van der Waals surface area contributed by atoms with Crippen molar-refractivity contribution in [1.82, 2.24) is 4.90 Å². The lowest BCUT2D eigenvalue weighted by Gasteiger charge is -2.30. The highest BCUT2D eigenvalue weighted by atomic mass is 19.1. The molecule has 0 saturated carbocycles. The average Bonchev–Trinajstić information content (AvgIpc) is 2.50. The highest BCUT2D eigenvalue weighted by molar-refractivity contribution is 5.89. The number of hydrogen-bond donors (Lipinski definition) is 2. The molecule has 1 aromatic rings. The van der Waals surface area contributed by atoms with Gasteiger partial charge in [0.25, 0.3) is 0 Å². The summed E-state index contributed by atoms with van der Waals surface area (Å²) < 4.78 is 18.8. The highest BCUT2D eigenvalue weighted by Crippen LogP contribution is 2.22. The maximum Gasteiger partial charge on any atom is 0.321 e. The molecule has 1 aromatic carbocycles. The third-order valence-electron chi connectivity index (χ3n) is 3.61. The molecular formula is C15H19FN2O4. The quantitative estimate of drug-likeness (QED) is 0.896. The first-order chi connectivity index (χ1) is 10.5. The maximum absolute atomic E-state index is 13.7. The number of rotatable bonds is 4. The van der Waals surface area contributed by atoms with Crippen molar-refractivity contribution in [2.45, 2.75) is 19.8 Å². The molecule has 1 fully saturated rings. The van der Waals surface area contributed by atoms with Crippen molar-refractivity contribution in [2.75, 3.05) is 25.0 Å². The Morgan fingerprint density at radius 3 is 2.64 bits per heavy atom. The Balaban J connectivity index is 1.92. The summed E-state index contributed by atoms with van der Waals surface area (Å²) in [4.78, 5) is 24.5. The van der Waals surface area contributed by atoms with Crippen LogP contribution in [-0.2, 0) is 4.79 Å². The minimum Gasteiger partial charge on any atom is -0.491 e. The van der Waals surface area contributed by atoms with E-state index in [4.69, 9.17) is 9.84 Å². The minimum absolute atomic E-state index is 0.141. The van der Waals surface area contributed by atoms with Crippen LogP contribution in [0.1, 0.15) is 19.8 Å². The number of carbonyl (C=O) groups is 2. The summed E-state index contributed by atoms with van der Waals surface area (Å²) in [6.07, 6.45) is 0.862. The molecule has 1 saturated heterocycles. The number of hydrogen-bond acceptors (Lipinski definition) is 3. The van der Waals surface area contributed by atoms with Gasteiger partial charge in [0.15, 0.2) is 11.6 Å². The Kier molecular flexibility index (Phi) is 5.19. The summed E-state index contributed by atoms with van der Waals surface area (Å²) in [5.41, 5.74) is 0.339. The van der Waals surface area contributed by atoms with E-state index >= 15 is 0 Å². The number of ether oxygens (including phenoxy) is 1. The Hall–Kier alpha value is -2.31. The van der Waals surface area contributed by atoms with Gasteiger partial charge in [0, 0.05) is 24.8 Å². The number of halogens is 1. The first-order valence-electron chi connectivity index (χ1n) is 7.22. The molecule has 0 bridgehead atoms. The van der Waals surface area contributed by atoms with Crippen molar-refractivity contribution < 1.29 is 23.8 Å². The number of urea groups is 1. The van der Waals surface area contributed by atoms with E-state index in [2.05, 4.69) is 5.32 Å². The minimum atomic E-state index is -0.825. The van der Waals surface area contributed by atoms with Crippen molar-refractivity contribution in [3.8, 4) is 5.75 Å². The molecule has 0 radical (unpaired) electrons. The van der Waals surface area contributed by atoms with Crippen LogP contribution in [0, 0.1) is 11.7 Å². The predicted octanol–water partition coefficient (Wildman–Crippen LogP) is 2.55. The molecule has 2 amide bonds. The monoisotopic (exact) mass is 310 g/mol. The number of piperidine rings is 1. The fraction of sp³-hybridized carbons (Fsp3) is 0.467. The number of anilines is 1. The molecule has 22 heavy (non-hydrogen) atoms. The molecule has 1 aliphatic heterocycles. The van der Waals surface area contributed by atoms with Crippen LogP contribution in [-0.4, -0.2) is 41.7 Å². The molecule has 0 unspecified atom stereocenters. The van der Waals surface area contributed by atoms with Gasteiger partial charge in [-0.15, -0.1) is 0 Å². The van der Waals surface area contributed by atoms with E-state index in [1.165, 1.54) is 17.0 Å². The second-order valence-corrected chi connectivity index (χ2v) is 5.11. The summed E-state index contributed by atoms with van der Waals surface area (Å²) in [5.74, 6) is -1.62. The molecule has 0 aromatic heterocycles. The number of nitrogens with one attached hydrogen (secondary N) is 1. The molecule has 2 N–H and O–H groups in total. The van der Waals surface area contributed by atoms with Gasteiger partial charge in [-0.25, -0.2) is 9.18 Å². The van der Waals surface area contributed by atoms with Crippen LogP contribution in [0.25, 0.3) is 0 Å². The standard InChI is InChI=1S/C15H19FN2O4/c1-2-22-13-4-3-11(9-12(13)16)17-15(21)18-7-5-10(6-8-18)14(19)20/h3-4,9-10H,2,5-8H2,1H3,(H,17,21)(H,19,20). The number of carboxylic acids is 1. The number of carboxylic acid groups (broad SMARTS) is 1. The van der Waals surface area contributed by atoms with E-state index < -0.39 is 17.7 Å². The van der Waals surface area contributed by atoms with Crippen LogP contribution in [0.3, 0.4) is 0 Å². The number of amides is 2. The maximum atomic E-state index is 13.7. The summed E-state index contributed by atoms with van der Waals surface area (Å²) in [6.45, 7) is 2.88. The molecule has 7 heteroatoms. The summed E-state index contributed by atoms with van der Waals surface area (Å²) in [5, 5.41) is 11.5. The molecule has 6 nitrogen and oxygen atoms in total. The van der Waals surface area contributed by atoms with Crippen molar-refractivity contribution in [2.24, 2.45) is 5.92 Å². The Morgan fingerprint density at radius 2 is 2.09 bits per heavy atom. The Morgan fingerprint density at radius 1 is 1.41 bits per heavy atom. The van der Waals surface area contributed by atoms with Gasteiger partial charge in [0.1, 0.15) is 0 Å². The lowest BCUT2D eigenvalue weighted by Crippen LogP contribution is -2.42. The number of likely N-dealkylation sites (tertiary alicyclic amines) is 1. The molecule has 1 aliphatic rings. The highest BCUT2D eigenvalue weighted by Gasteiger charge is 2.27. The van der Waals surface area contributed by atoms with Gasteiger partial charge in [-0.3, -0.25) is 4.79 Å². The van der Waals surface area contributed by atoms with Gasteiger partial charge >= 0.3 is 12.0 Å². The molecule has 1 heterocycles. The van der Waals surface area contributed by atoms with Crippen molar-refractivity contribution in [1.29, 1.82) is 0 Å². The Labute approximate surface area is 127 Å². The zero-order valence-corrected chi connectivity index (χ0v) is 12.3. The second kappa shape index (κ2) is 7.11. The Bertz CT molecular complexity index is 556. The lowest BCUT2D eigenvalue weighted by molar-refractivity contribution is -0.143. The third-order valence-corrected chi connectivity index (χ3v) is 3.61. The zero-order valence-electron chi connectivity index (χ0n) is 12.3. The largest absolute Gasteiger partial charge is 0.491 e. The summed E-state index contributed by atoms with van der Waals surface area (Å²) in [7, 11) is 0. The average molecular weight is 310 g/mol. The van der Waals surface area contributed by atoms with Crippen LogP contribution in [0.4, 0.5) is 14.9 Å². The third kappa shape index (κ3) is 3.87. The molecule has 0 aliphatic carbocycles. The fourth-order valence-electron chi connectivity index (χ4n) is 2.38. The second-order valence-electron chi connectivity index (χ2n) is 5.11. The van der Waals surface area contributed by atoms with Crippen LogP contribution in [0.2, 0.25) is 0 Å². The van der Waals surface area contributed by atoms with Gasteiger partial charge < -0.3 is 20.1 Å². The number of aliphatic carboxylic acids is 1.